The zero-order valence-electron chi connectivity index (χ0n) is 29.3. The highest BCUT2D eigenvalue weighted by Gasteiger charge is 2.54. The van der Waals surface area contributed by atoms with Crippen LogP contribution < -0.4 is 14.2 Å². The number of fused-ring (bicyclic) bond motifs is 3. The number of furan rings is 1. The highest BCUT2D eigenvalue weighted by molar-refractivity contribution is 6.02. The van der Waals surface area contributed by atoms with Gasteiger partial charge in [-0.15, -0.1) is 0 Å². The molecular weight excluding hydrogens is 620 g/mol. The van der Waals surface area contributed by atoms with Gasteiger partial charge in [-0.05, 0) is 127 Å². The number of hydrogen-bond acceptors (Lipinski definition) is 8. The summed E-state index contributed by atoms with van der Waals surface area (Å²) in [5.41, 5.74) is 5.46. The lowest BCUT2D eigenvalue weighted by Crippen LogP contribution is -2.38. The summed E-state index contributed by atoms with van der Waals surface area (Å²) in [6.07, 6.45) is 17.3. The number of allylic oxidation sites excluding steroid dienone is 3. The number of carbonyl (C=O) groups is 1. The minimum atomic E-state index is -1.30. The molecule has 8 heteroatoms. The first kappa shape index (κ1) is 33.4. The van der Waals surface area contributed by atoms with Crippen LogP contribution in [-0.2, 0) is 25.4 Å². The zero-order chi connectivity index (χ0) is 34.4. The van der Waals surface area contributed by atoms with E-state index in [1.165, 1.54) is 11.1 Å². The van der Waals surface area contributed by atoms with Crippen molar-refractivity contribution in [2.45, 2.75) is 103 Å². The maximum absolute atomic E-state index is 12.0. The van der Waals surface area contributed by atoms with Crippen LogP contribution >= 0.6 is 0 Å². The molecule has 0 bridgehead atoms. The molecule has 258 valence electrons. The van der Waals surface area contributed by atoms with Crippen LogP contribution in [0.1, 0.15) is 83.9 Å². The molecule has 1 unspecified atom stereocenters. The highest BCUT2D eigenvalue weighted by atomic mass is 16.9. The van der Waals surface area contributed by atoms with E-state index in [1.807, 2.05) is 62.4 Å². The van der Waals surface area contributed by atoms with Crippen molar-refractivity contribution in [2.75, 3.05) is 13.2 Å². The fourth-order valence-corrected chi connectivity index (χ4v) is 6.79. The Balaban J connectivity index is 0.932. The van der Waals surface area contributed by atoms with E-state index in [2.05, 4.69) is 39.8 Å². The summed E-state index contributed by atoms with van der Waals surface area (Å²) in [4.78, 5) is 12.0. The van der Waals surface area contributed by atoms with E-state index in [9.17, 15) is 4.79 Å². The van der Waals surface area contributed by atoms with Gasteiger partial charge >= 0.3 is 5.97 Å². The molecule has 1 spiro atoms. The number of epoxide rings is 1. The standard InChI is InChI=1S/C41H46O8/c1-26(7-13-36-39(3,4)47-36)16-20-43-31-11-9-28-15-19-41(46-34(28)25-31)48-37(40(5,6)49-41)14-8-27(2)17-21-45-38-32-12-10-30(42)23-29(32)24-35-33(38)18-22-44-35/h9-12,15-19,22,24-25,36-37H,7-8,13-14,20-21,23H2,1-6H3/b26-16+,27-17+/t36?,37-,41-/m1/s1. The molecule has 4 aliphatic rings. The van der Waals surface area contributed by atoms with Crippen LogP contribution in [0.5, 0.6) is 17.2 Å². The Morgan fingerprint density at radius 2 is 1.59 bits per heavy atom. The average molecular weight is 667 g/mol. The number of carbonyl (C=O) groups excluding carboxylic acids is 1. The molecule has 0 saturated carbocycles. The fourth-order valence-electron chi connectivity index (χ4n) is 6.79. The number of ether oxygens (including phenoxy) is 6. The molecule has 1 aliphatic carbocycles. The molecule has 2 fully saturated rings. The molecule has 8 nitrogen and oxygen atoms in total. The Kier molecular flexibility index (Phi) is 8.84. The van der Waals surface area contributed by atoms with Crippen molar-refractivity contribution in [3.8, 4) is 17.2 Å². The molecule has 2 saturated heterocycles. The van der Waals surface area contributed by atoms with E-state index in [0.717, 1.165) is 64.8 Å². The van der Waals surface area contributed by atoms with Crippen molar-refractivity contribution < 1.29 is 37.6 Å². The Labute approximate surface area is 288 Å². The second-order valence-corrected chi connectivity index (χ2v) is 14.6. The van der Waals surface area contributed by atoms with Crippen LogP contribution in [-0.4, -0.2) is 48.4 Å². The largest absolute Gasteiger partial charge is 0.489 e. The zero-order valence-corrected chi connectivity index (χ0v) is 29.3. The Bertz CT molecular complexity index is 1870. The lowest BCUT2D eigenvalue weighted by atomic mass is 9.94. The maximum atomic E-state index is 12.0. The van der Waals surface area contributed by atoms with E-state index in [4.69, 9.17) is 32.8 Å². The molecule has 3 aliphatic heterocycles. The molecule has 0 N–H and O–H groups in total. The van der Waals surface area contributed by atoms with Gasteiger partial charge < -0.3 is 32.8 Å². The van der Waals surface area contributed by atoms with Crippen LogP contribution in [0.3, 0.4) is 0 Å². The van der Waals surface area contributed by atoms with Gasteiger partial charge in [0.05, 0.1) is 35.1 Å². The quantitative estimate of drug-likeness (QED) is 0.140. The van der Waals surface area contributed by atoms with Crippen LogP contribution in [0.2, 0.25) is 0 Å². The minimum absolute atomic E-state index is 0.0283. The van der Waals surface area contributed by atoms with Crippen LogP contribution in [0, 0.1) is 0 Å². The van der Waals surface area contributed by atoms with E-state index in [0.29, 0.717) is 31.5 Å². The highest BCUT2D eigenvalue weighted by Crippen LogP contribution is 2.45. The Hall–Kier alpha value is -4.11. The fraction of sp³-hybridized carbons (Fsp3) is 0.439. The molecule has 3 atom stereocenters. The SMILES string of the molecule is C/C(=C\COc1ccc2c(c1)O[C@]1(C=C2)O[C@H](CC/C(C)=C/COc2c3c(cc4occc24)CC(=O)C=C3)C(C)(C)O1)CCC1OC1(C)C. The summed E-state index contributed by atoms with van der Waals surface area (Å²) in [5, 5.41) is 0.902. The molecule has 0 amide bonds. The first-order valence-corrected chi connectivity index (χ1v) is 17.3. The van der Waals surface area contributed by atoms with Gasteiger partial charge in [0, 0.05) is 29.7 Å². The van der Waals surface area contributed by atoms with Gasteiger partial charge in [-0.3, -0.25) is 4.79 Å². The van der Waals surface area contributed by atoms with Gasteiger partial charge in [0.25, 0.3) is 0 Å². The molecule has 49 heavy (non-hydrogen) atoms. The third kappa shape index (κ3) is 7.28. The maximum Gasteiger partial charge on any atom is 0.350 e. The van der Waals surface area contributed by atoms with E-state index in [-0.39, 0.29) is 17.5 Å². The monoisotopic (exact) mass is 666 g/mol. The van der Waals surface area contributed by atoms with Crippen molar-refractivity contribution in [1.29, 1.82) is 0 Å². The lowest BCUT2D eigenvalue weighted by molar-refractivity contribution is -0.270. The molecule has 2 aromatic carbocycles. The van der Waals surface area contributed by atoms with Gasteiger partial charge in [-0.2, -0.15) is 0 Å². The van der Waals surface area contributed by atoms with Gasteiger partial charge in [0.15, 0.2) is 5.78 Å². The number of hydrogen-bond donors (Lipinski definition) is 0. The number of rotatable bonds is 12. The van der Waals surface area contributed by atoms with Crippen molar-refractivity contribution in [3.63, 3.8) is 0 Å². The van der Waals surface area contributed by atoms with Gasteiger partial charge in [-0.1, -0.05) is 11.1 Å². The van der Waals surface area contributed by atoms with E-state index < -0.39 is 11.6 Å². The molecule has 0 radical (unpaired) electrons. The van der Waals surface area contributed by atoms with Crippen molar-refractivity contribution >= 4 is 28.9 Å². The van der Waals surface area contributed by atoms with Crippen LogP contribution in [0.25, 0.3) is 23.1 Å². The van der Waals surface area contributed by atoms with E-state index >= 15 is 0 Å². The average Bonchev–Trinajstić information content (AvgIpc) is 3.31. The number of benzene rings is 2. The Morgan fingerprint density at radius 3 is 2.33 bits per heavy atom. The van der Waals surface area contributed by atoms with Crippen molar-refractivity contribution in [2.24, 2.45) is 0 Å². The van der Waals surface area contributed by atoms with Gasteiger partial charge in [-0.25, -0.2) is 0 Å². The topological polar surface area (TPSA) is 88.9 Å². The second kappa shape index (κ2) is 13.0. The van der Waals surface area contributed by atoms with Crippen LogP contribution in [0.4, 0.5) is 0 Å². The van der Waals surface area contributed by atoms with Crippen LogP contribution in [0.15, 0.2) is 76.5 Å². The summed E-state index contributed by atoms with van der Waals surface area (Å²) in [6.45, 7) is 13.5. The third-order valence-corrected chi connectivity index (χ3v) is 9.93. The first-order chi connectivity index (χ1) is 23.4. The normalized spacial score (nSPS) is 25.0. The van der Waals surface area contributed by atoms with Gasteiger partial charge in [0.1, 0.15) is 36.0 Å². The van der Waals surface area contributed by atoms with Gasteiger partial charge in [0.2, 0.25) is 0 Å². The summed E-state index contributed by atoms with van der Waals surface area (Å²) in [5.74, 6) is 0.911. The number of ketones is 1. The summed E-state index contributed by atoms with van der Waals surface area (Å²) < 4.78 is 43.1. The lowest BCUT2D eigenvalue weighted by Gasteiger charge is -2.30. The summed E-state index contributed by atoms with van der Waals surface area (Å²) in [6, 6.07) is 9.69. The molecule has 1 aromatic heterocycles. The smallest absolute Gasteiger partial charge is 0.350 e. The molecule has 3 aromatic rings. The second-order valence-electron chi connectivity index (χ2n) is 14.6. The third-order valence-electron chi connectivity index (χ3n) is 9.93. The van der Waals surface area contributed by atoms with E-state index in [1.54, 1.807) is 12.3 Å². The first-order valence-electron chi connectivity index (χ1n) is 17.3. The minimum Gasteiger partial charge on any atom is -0.489 e. The van der Waals surface area contributed by atoms with Crippen molar-refractivity contribution in [1.82, 2.24) is 0 Å². The predicted octanol–water partition coefficient (Wildman–Crippen LogP) is 8.91. The van der Waals surface area contributed by atoms with Crippen molar-refractivity contribution in [3.05, 3.63) is 88.7 Å². The Morgan fingerprint density at radius 1 is 0.878 bits per heavy atom. The molecule has 4 heterocycles. The molecular formula is C41H46O8. The predicted molar refractivity (Wildman–Crippen MR) is 189 cm³/mol. The summed E-state index contributed by atoms with van der Waals surface area (Å²) >= 11 is 0. The summed E-state index contributed by atoms with van der Waals surface area (Å²) in [7, 11) is 0. The molecule has 7 rings (SSSR count).